The number of hydrogen-bond acceptors (Lipinski definition) is 6. The second kappa shape index (κ2) is 7.78. The van der Waals surface area contributed by atoms with E-state index >= 15 is 0 Å². The molecule has 0 spiro atoms. The third-order valence-electron chi connectivity index (χ3n) is 4.85. The van der Waals surface area contributed by atoms with Gasteiger partial charge < -0.3 is 19.3 Å². The lowest BCUT2D eigenvalue weighted by Crippen LogP contribution is -2.36. The minimum Gasteiger partial charge on any atom is -0.503 e. The number of aliphatic hydroxyl groups is 1. The minimum atomic E-state index is -0.630. The molecule has 1 amide bonds. The quantitative estimate of drug-likeness (QED) is 0.536. The minimum absolute atomic E-state index is 0.0642. The number of rotatable bonds is 6. The second-order valence-corrected chi connectivity index (χ2v) is 9.00. The monoisotopic (exact) mass is 474 g/mol. The lowest BCUT2D eigenvalue weighted by Gasteiger charge is -2.26. The molecule has 2 aromatic heterocycles. The largest absolute Gasteiger partial charge is 0.503 e. The van der Waals surface area contributed by atoms with Crippen LogP contribution in [0.1, 0.15) is 21.5 Å². The first-order valence-electron chi connectivity index (χ1n) is 9.03. The van der Waals surface area contributed by atoms with Crippen LogP contribution in [-0.4, -0.2) is 53.8 Å². The number of carbonyl (C=O) groups excluding carboxylic acids is 2. The first-order valence-corrected chi connectivity index (χ1v) is 10.7. The van der Waals surface area contributed by atoms with Crippen LogP contribution in [0.25, 0.3) is 11.0 Å². The summed E-state index contributed by atoms with van der Waals surface area (Å²) in [5.74, 6) is -1.42. The molecule has 0 fully saturated rings. The molecule has 8 heteroatoms. The number of Topliss-reactive ketones (excluding diaryl/α,β-unsaturated/α-hetero) is 1. The van der Waals surface area contributed by atoms with E-state index in [0.29, 0.717) is 18.7 Å². The Morgan fingerprint density at radius 3 is 2.79 bits per heavy atom. The van der Waals surface area contributed by atoms with Gasteiger partial charge in [-0.1, -0.05) is 22.0 Å². The number of hydrogen-bond donors (Lipinski definition) is 1. The van der Waals surface area contributed by atoms with Gasteiger partial charge in [-0.15, -0.1) is 11.3 Å². The van der Waals surface area contributed by atoms with E-state index in [4.69, 9.17) is 4.42 Å². The van der Waals surface area contributed by atoms with Crippen LogP contribution in [0, 0.1) is 0 Å². The van der Waals surface area contributed by atoms with Crippen molar-refractivity contribution in [2.24, 2.45) is 0 Å². The standard InChI is InChI=1S/C21H19BrN2O4S/c1-23(2)7-8-24-18(16-4-3-9-29-16)17(20(26)21(24)27)19(25)15-11-12-10-13(22)5-6-14(12)28-15/h3-6,9-11,18,26H,7-8H2,1-2H3. The normalized spacial score (nSPS) is 17.2. The Labute approximate surface area is 180 Å². The molecule has 0 saturated heterocycles. The van der Waals surface area contributed by atoms with Crippen LogP contribution in [0.4, 0.5) is 0 Å². The topological polar surface area (TPSA) is 74.0 Å². The summed E-state index contributed by atoms with van der Waals surface area (Å²) in [4.78, 5) is 30.5. The van der Waals surface area contributed by atoms with Crippen molar-refractivity contribution in [3.8, 4) is 0 Å². The van der Waals surface area contributed by atoms with Crippen LogP contribution in [0.2, 0.25) is 0 Å². The summed E-state index contributed by atoms with van der Waals surface area (Å²) in [5, 5.41) is 13.3. The van der Waals surface area contributed by atoms with Gasteiger partial charge in [0, 0.05) is 27.8 Å². The number of amides is 1. The molecule has 1 aliphatic heterocycles. The fourth-order valence-electron chi connectivity index (χ4n) is 3.43. The molecule has 150 valence electrons. The molecule has 1 N–H and O–H groups in total. The highest BCUT2D eigenvalue weighted by molar-refractivity contribution is 9.10. The highest BCUT2D eigenvalue weighted by Gasteiger charge is 2.44. The van der Waals surface area contributed by atoms with Gasteiger partial charge in [-0.05, 0) is 49.8 Å². The fraction of sp³-hybridized carbons (Fsp3) is 0.238. The molecule has 1 aliphatic rings. The number of ketones is 1. The summed E-state index contributed by atoms with van der Waals surface area (Å²) in [6.07, 6.45) is 0. The Kier molecular flexibility index (Phi) is 5.33. The Bertz CT molecular complexity index is 1120. The molecule has 1 aromatic carbocycles. The molecule has 0 aliphatic carbocycles. The molecule has 1 unspecified atom stereocenters. The van der Waals surface area contributed by atoms with E-state index in [0.717, 1.165) is 14.7 Å². The molecule has 4 rings (SSSR count). The van der Waals surface area contributed by atoms with Crippen molar-refractivity contribution in [3.63, 3.8) is 0 Å². The number of aliphatic hydroxyl groups excluding tert-OH is 1. The zero-order chi connectivity index (χ0) is 20.7. The van der Waals surface area contributed by atoms with Gasteiger partial charge in [0.15, 0.2) is 11.5 Å². The maximum atomic E-state index is 13.3. The number of carbonyl (C=O) groups is 2. The van der Waals surface area contributed by atoms with Gasteiger partial charge in [0.2, 0.25) is 5.78 Å². The Hall–Kier alpha value is -2.42. The van der Waals surface area contributed by atoms with Gasteiger partial charge in [-0.2, -0.15) is 0 Å². The van der Waals surface area contributed by atoms with Gasteiger partial charge in [0.25, 0.3) is 5.91 Å². The zero-order valence-electron chi connectivity index (χ0n) is 15.9. The number of furan rings is 1. The summed E-state index contributed by atoms with van der Waals surface area (Å²) in [6.45, 7) is 1.00. The summed E-state index contributed by atoms with van der Waals surface area (Å²) in [6, 6.07) is 10.2. The third-order valence-corrected chi connectivity index (χ3v) is 6.27. The van der Waals surface area contributed by atoms with E-state index < -0.39 is 23.5 Å². The SMILES string of the molecule is CN(C)CCN1C(=O)C(O)=C(C(=O)c2cc3cc(Br)ccc3o2)C1c1cccs1. The van der Waals surface area contributed by atoms with E-state index in [-0.39, 0.29) is 11.3 Å². The van der Waals surface area contributed by atoms with E-state index in [9.17, 15) is 14.7 Å². The van der Waals surface area contributed by atoms with Gasteiger partial charge in [-0.25, -0.2) is 0 Å². The molecule has 3 heterocycles. The van der Waals surface area contributed by atoms with Crippen LogP contribution in [0.3, 0.4) is 0 Å². The Balaban J connectivity index is 1.76. The highest BCUT2D eigenvalue weighted by atomic mass is 79.9. The molecule has 6 nitrogen and oxygen atoms in total. The third kappa shape index (κ3) is 3.63. The molecule has 0 radical (unpaired) electrons. The van der Waals surface area contributed by atoms with Gasteiger partial charge in [0.05, 0.1) is 11.6 Å². The summed E-state index contributed by atoms with van der Waals surface area (Å²) < 4.78 is 6.60. The van der Waals surface area contributed by atoms with Crippen molar-refractivity contribution in [2.75, 3.05) is 27.2 Å². The second-order valence-electron chi connectivity index (χ2n) is 7.10. The average Bonchev–Trinajstić information content (AvgIpc) is 3.39. The van der Waals surface area contributed by atoms with E-state index in [1.807, 2.05) is 48.6 Å². The van der Waals surface area contributed by atoms with Crippen molar-refractivity contribution < 1.29 is 19.1 Å². The predicted octanol–water partition coefficient (Wildman–Crippen LogP) is 4.40. The van der Waals surface area contributed by atoms with Crippen LogP contribution in [0.5, 0.6) is 0 Å². The Morgan fingerprint density at radius 2 is 2.10 bits per heavy atom. The number of thiophene rings is 1. The smallest absolute Gasteiger partial charge is 0.290 e. The molecule has 1 atom stereocenters. The van der Waals surface area contributed by atoms with Crippen LogP contribution >= 0.6 is 27.3 Å². The van der Waals surface area contributed by atoms with Crippen molar-refractivity contribution in [1.82, 2.24) is 9.80 Å². The average molecular weight is 475 g/mol. The number of likely N-dealkylation sites (N-methyl/N-ethyl adjacent to an activating group) is 1. The van der Waals surface area contributed by atoms with E-state index in [1.54, 1.807) is 17.0 Å². The molecular formula is C21H19BrN2O4S. The maximum Gasteiger partial charge on any atom is 0.290 e. The molecular weight excluding hydrogens is 456 g/mol. The first-order chi connectivity index (χ1) is 13.9. The highest BCUT2D eigenvalue weighted by Crippen LogP contribution is 2.41. The lowest BCUT2D eigenvalue weighted by molar-refractivity contribution is -0.129. The molecule has 0 bridgehead atoms. The van der Waals surface area contributed by atoms with E-state index in [2.05, 4.69) is 15.9 Å². The number of halogens is 1. The van der Waals surface area contributed by atoms with Crippen molar-refractivity contribution in [1.29, 1.82) is 0 Å². The van der Waals surface area contributed by atoms with Gasteiger partial charge in [-0.3, -0.25) is 9.59 Å². The van der Waals surface area contributed by atoms with Crippen LogP contribution < -0.4 is 0 Å². The van der Waals surface area contributed by atoms with Crippen LogP contribution in [0.15, 0.2) is 62.0 Å². The Morgan fingerprint density at radius 1 is 1.31 bits per heavy atom. The first kappa shape index (κ1) is 19.9. The van der Waals surface area contributed by atoms with Crippen LogP contribution in [-0.2, 0) is 4.79 Å². The molecule has 3 aromatic rings. The zero-order valence-corrected chi connectivity index (χ0v) is 18.3. The van der Waals surface area contributed by atoms with Gasteiger partial charge >= 0.3 is 0 Å². The number of fused-ring (bicyclic) bond motifs is 1. The van der Waals surface area contributed by atoms with Gasteiger partial charge in [0.1, 0.15) is 5.58 Å². The summed E-state index contributed by atoms with van der Waals surface area (Å²) in [7, 11) is 3.82. The van der Waals surface area contributed by atoms with Crippen molar-refractivity contribution >= 4 is 49.9 Å². The number of benzene rings is 1. The van der Waals surface area contributed by atoms with Crippen molar-refractivity contribution in [2.45, 2.75) is 6.04 Å². The fourth-order valence-corrected chi connectivity index (χ4v) is 4.65. The summed E-state index contributed by atoms with van der Waals surface area (Å²) >= 11 is 4.85. The maximum absolute atomic E-state index is 13.3. The lowest BCUT2D eigenvalue weighted by atomic mass is 10.00. The number of nitrogens with zero attached hydrogens (tertiary/aromatic N) is 2. The van der Waals surface area contributed by atoms with E-state index in [1.165, 1.54) is 11.3 Å². The van der Waals surface area contributed by atoms with Crippen molar-refractivity contribution in [3.05, 3.63) is 68.2 Å². The molecule has 29 heavy (non-hydrogen) atoms. The summed E-state index contributed by atoms with van der Waals surface area (Å²) in [5.41, 5.74) is 0.632. The molecule has 0 saturated carbocycles. The predicted molar refractivity (Wildman–Crippen MR) is 115 cm³/mol.